The Morgan fingerprint density at radius 3 is 2.41 bits per heavy atom. The summed E-state index contributed by atoms with van der Waals surface area (Å²) in [6.45, 7) is 1.18. The lowest BCUT2D eigenvalue weighted by Crippen LogP contribution is -2.43. The zero-order valence-electron chi connectivity index (χ0n) is 18.0. The minimum atomic E-state index is -0.157. The van der Waals surface area contributed by atoms with Crippen LogP contribution in [0.2, 0.25) is 0 Å². The monoisotopic (exact) mass is 440 g/mol. The van der Waals surface area contributed by atoms with Gasteiger partial charge in [0.2, 0.25) is 5.91 Å². The van der Waals surface area contributed by atoms with Crippen LogP contribution in [0, 0.1) is 5.92 Å². The van der Waals surface area contributed by atoms with Gasteiger partial charge in [-0.3, -0.25) is 9.59 Å². The second-order valence-electron chi connectivity index (χ2n) is 8.06. The zero-order chi connectivity index (χ0) is 22.5. The third kappa shape index (κ3) is 5.57. The molecule has 3 fully saturated rings. The number of nitrogens with one attached hydrogen (secondary N) is 1. The summed E-state index contributed by atoms with van der Waals surface area (Å²) in [6, 6.07) is 14.3. The van der Waals surface area contributed by atoms with Crippen LogP contribution in [0.25, 0.3) is 0 Å². The maximum Gasteiger partial charge on any atom is 0.251 e. The molecule has 0 radical (unpaired) electrons. The Bertz CT molecular complexity index is 944. The Labute approximate surface area is 187 Å². The maximum absolute atomic E-state index is 12.6. The predicted molar refractivity (Wildman–Crippen MR) is 117 cm³/mol. The number of nitrogens with two attached hydrogens (primary N) is 1. The highest BCUT2D eigenvalue weighted by atomic mass is 16.6. The Morgan fingerprint density at radius 1 is 1.00 bits per heavy atom. The zero-order valence-corrected chi connectivity index (χ0v) is 18.0. The molecule has 5 rings (SSSR count). The molecule has 0 aromatic heterocycles. The van der Waals surface area contributed by atoms with E-state index in [1.165, 1.54) is 0 Å². The van der Waals surface area contributed by atoms with E-state index in [0.717, 1.165) is 25.0 Å². The molecular formula is C24H28N2O6. The Morgan fingerprint density at radius 2 is 1.75 bits per heavy atom. The van der Waals surface area contributed by atoms with Crippen molar-refractivity contribution in [2.75, 3.05) is 20.3 Å². The van der Waals surface area contributed by atoms with Crippen molar-refractivity contribution in [3.8, 4) is 17.2 Å². The lowest BCUT2D eigenvalue weighted by Gasteiger charge is -2.17. The van der Waals surface area contributed by atoms with E-state index in [1.807, 2.05) is 30.3 Å². The van der Waals surface area contributed by atoms with Crippen molar-refractivity contribution in [1.29, 1.82) is 0 Å². The van der Waals surface area contributed by atoms with Crippen LogP contribution in [0.3, 0.4) is 0 Å². The molecule has 170 valence electrons. The highest BCUT2D eigenvalue weighted by Crippen LogP contribution is 2.28. The molecule has 0 bridgehead atoms. The summed E-state index contributed by atoms with van der Waals surface area (Å²) in [6.07, 6.45) is 3.00. The molecule has 8 heteroatoms. The van der Waals surface area contributed by atoms with Crippen molar-refractivity contribution in [2.24, 2.45) is 11.7 Å². The molecule has 3 N–H and O–H groups in total. The fourth-order valence-corrected chi connectivity index (χ4v) is 3.69. The molecule has 2 aliphatic heterocycles. The molecule has 2 aromatic carbocycles. The van der Waals surface area contributed by atoms with Crippen LogP contribution in [-0.4, -0.2) is 50.4 Å². The Balaban J connectivity index is 0.000000354. The van der Waals surface area contributed by atoms with Gasteiger partial charge in [0.15, 0.2) is 0 Å². The fraction of sp³-hybridized carbons (Fsp3) is 0.417. The molecule has 0 spiro atoms. The first kappa shape index (κ1) is 22.1. The summed E-state index contributed by atoms with van der Waals surface area (Å²) in [7, 11) is 1.62. The number of methoxy groups -OCH3 is 1. The second kappa shape index (κ2) is 10.0. The summed E-state index contributed by atoms with van der Waals surface area (Å²) in [5.41, 5.74) is 5.40. The van der Waals surface area contributed by atoms with E-state index in [0.29, 0.717) is 30.3 Å². The van der Waals surface area contributed by atoms with Crippen molar-refractivity contribution >= 4 is 11.8 Å². The van der Waals surface area contributed by atoms with Crippen molar-refractivity contribution in [1.82, 2.24) is 5.32 Å². The lowest BCUT2D eigenvalue weighted by atomic mass is 10.1. The molecule has 3 aliphatic rings. The SMILES string of the molecule is COc1ccc(Oc2cccc(C(=O)NC3COC4CCOC34)c2)cc1.NC(=O)C1CC1. The van der Waals surface area contributed by atoms with Crippen LogP contribution in [0.15, 0.2) is 48.5 Å². The van der Waals surface area contributed by atoms with Crippen molar-refractivity contribution in [3.63, 3.8) is 0 Å². The van der Waals surface area contributed by atoms with E-state index in [-0.39, 0.29) is 36.0 Å². The third-order valence-corrected chi connectivity index (χ3v) is 5.65. The standard InChI is InChI=1S/C20H21NO5.C4H7NO/c1-23-14-5-7-15(8-6-14)26-16-4-2-3-13(11-16)20(22)21-17-12-25-18-9-10-24-19(17)18;5-4(6)3-1-2-3/h2-8,11,17-19H,9-10,12H2,1H3,(H,21,22);3H,1-2H2,(H2,5,6). The molecule has 1 aliphatic carbocycles. The predicted octanol–water partition coefficient (Wildman–Crippen LogP) is 2.66. The van der Waals surface area contributed by atoms with E-state index in [1.54, 1.807) is 25.3 Å². The number of hydrogen-bond acceptors (Lipinski definition) is 6. The minimum absolute atomic E-state index is 0.0438. The molecule has 3 unspecified atom stereocenters. The summed E-state index contributed by atoms with van der Waals surface area (Å²) < 4.78 is 22.3. The number of carbonyl (C=O) groups excluding carboxylic acids is 2. The maximum atomic E-state index is 12.6. The van der Waals surface area contributed by atoms with Crippen LogP contribution < -0.4 is 20.5 Å². The van der Waals surface area contributed by atoms with Gasteiger partial charge in [-0.1, -0.05) is 6.07 Å². The molecule has 2 aromatic rings. The van der Waals surface area contributed by atoms with E-state index < -0.39 is 0 Å². The molecular weight excluding hydrogens is 412 g/mol. The fourth-order valence-electron chi connectivity index (χ4n) is 3.69. The number of ether oxygens (including phenoxy) is 4. The van der Waals surface area contributed by atoms with Gasteiger partial charge in [0.25, 0.3) is 5.91 Å². The minimum Gasteiger partial charge on any atom is -0.497 e. The first-order chi connectivity index (χ1) is 15.5. The van der Waals surface area contributed by atoms with Gasteiger partial charge < -0.3 is 30.0 Å². The average Bonchev–Trinajstić information content (AvgIpc) is 3.45. The number of hydrogen-bond donors (Lipinski definition) is 2. The van der Waals surface area contributed by atoms with Crippen LogP contribution in [0.5, 0.6) is 17.2 Å². The lowest BCUT2D eigenvalue weighted by molar-refractivity contribution is -0.119. The normalized spacial score (nSPS) is 23.5. The molecule has 32 heavy (non-hydrogen) atoms. The average molecular weight is 440 g/mol. The molecule has 2 heterocycles. The first-order valence-corrected chi connectivity index (χ1v) is 10.8. The number of fused-ring (bicyclic) bond motifs is 1. The quantitative estimate of drug-likeness (QED) is 0.715. The summed E-state index contributed by atoms with van der Waals surface area (Å²) in [5.74, 6) is 1.99. The summed E-state index contributed by atoms with van der Waals surface area (Å²) in [5, 5.41) is 3.01. The van der Waals surface area contributed by atoms with E-state index >= 15 is 0 Å². The van der Waals surface area contributed by atoms with Gasteiger partial charge in [-0.2, -0.15) is 0 Å². The van der Waals surface area contributed by atoms with Gasteiger partial charge in [-0.25, -0.2) is 0 Å². The van der Waals surface area contributed by atoms with Crippen molar-refractivity contribution < 1.29 is 28.5 Å². The molecule has 3 atom stereocenters. The summed E-state index contributed by atoms with van der Waals surface area (Å²) in [4.78, 5) is 22.6. The first-order valence-electron chi connectivity index (χ1n) is 10.8. The highest BCUT2D eigenvalue weighted by Gasteiger charge is 2.42. The van der Waals surface area contributed by atoms with Crippen LogP contribution in [-0.2, 0) is 14.3 Å². The number of amides is 2. The van der Waals surface area contributed by atoms with Crippen LogP contribution in [0.4, 0.5) is 0 Å². The second-order valence-corrected chi connectivity index (χ2v) is 8.06. The number of carbonyl (C=O) groups is 2. The Kier molecular flexibility index (Phi) is 6.92. The van der Waals surface area contributed by atoms with Gasteiger partial charge in [0.1, 0.15) is 23.4 Å². The molecule has 2 amide bonds. The van der Waals surface area contributed by atoms with Gasteiger partial charge in [-0.05, 0) is 61.7 Å². The van der Waals surface area contributed by atoms with E-state index in [2.05, 4.69) is 5.32 Å². The summed E-state index contributed by atoms with van der Waals surface area (Å²) >= 11 is 0. The van der Waals surface area contributed by atoms with Gasteiger partial charge >= 0.3 is 0 Å². The van der Waals surface area contributed by atoms with Crippen molar-refractivity contribution in [3.05, 3.63) is 54.1 Å². The smallest absolute Gasteiger partial charge is 0.251 e. The van der Waals surface area contributed by atoms with E-state index in [4.69, 9.17) is 24.7 Å². The number of benzene rings is 2. The van der Waals surface area contributed by atoms with E-state index in [9.17, 15) is 9.59 Å². The highest BCUT2D eigenvalue weighted by molar-refractivity contribution is 5.94. The van der Waals surface area contributed by atoms with Gasteiger partial charge in [0, 0.05) is 18.1 Å². The van der Waals surface area contributed by atoms with Gasteiger partial charge in [-0.15, -0.1) is 0 Å². The van der Waals surface area contributed by atoms with Crippen LogP contribution >= 0.6 is 0 Å². The largest absolute Gasteiger partial charge is 0.497 e. The molecule has 1 saturated carbocycles. The molecule has 8 nitrogen and oxygen atoms in total. The van der Waals surface area contributed by atoms with Crippen LogP contribution in [0.1, 0.15) is 29.6 Å². The topological polar surface area (TPSA) is 109 Å². The third-order valence-electron chi connectivity index (χ3n) is 5.65. The number of rotatable bonds is 6. The Hall–Kier alpha value is -3.10. The van der Waals surface area contributed by atoms with Gasteiger partial charge in [0.05, 0.1) is 25.9 Å². The number of primary amides is 1. The van der Waals surface area contributed by atoms with Crippen molar-refractivity contribution in [2.45, 2.75) is 37.5 Å². The molecule has 2 saturated heterocycles.